The summed E-state index contributed by atoms with van der Waals surface area (Å²) in [6.07, 6.45) is -3.83. The summed E-state index contributed by atoms with van der Waals surface area (Å²) >= 11 is 3.00. The molecule has 0 aliphatic carbocycles. The average Bonchev–Trinajstić information content (AvgIpc) is 2.36. The largest absolute Gasteiger partial charge is 0.573 e. The van der Waals surface area contributed by atoms with Crippen LogP contribution >= 0.6 is 15.9 Å². The average molecular weight is 358 g/mol. The maximum absolute atomic E-state index is 12.5. The Labute approximate surface area is 121 Å². The van der Waals surface area contributed by atoms with Crippen LogP contribution in [-0.2, 0) is 10.1 Å². The fraction of sp³-hybridized carbons (Fsp3) is 0.455. The summed E-state index contributed by atoms with van der Waals surface area (Å²) in [4.78, 5) is 15.6. The fourth-order valence-corrected chi connectivity index (χ4v) is 1.78. The van der Waals surface area contributed by atoms with Crippen LogP contribution in [0.4, 0.5) is 13.2 Å². The number of hydrogen-bond acceptors (Lipinski definition) is 5. The van der Waals surface area contributed by atoms with Gasteiger partial charge < -0.3 is 14.2 Å². The van der Waals surface area contributed by atoms with Gasteiger partial charge in [-0.1, -0.05) is 15.9 Å². The molecule has 0 fully saturated rings. The van der Waals surface area contributed by atoms with Crippen LogP contribution in [0.15, 0.2) is 6.20 Å². The molecule has 1 heterocycles. The molecule has 0 saturated heterocycles. The van der Waals surface area contributed by atoms with Crippen molar-refractivity contribution in [3.8, 4) is 11.6 Å². The summed E-state index contributed by atoms with van der Waals surface area (Å²) in [6.45, 7) is 1.52. The first-order valence-corrected chi connectivity index (χ1v) is 6.50. The highest BCUT2D eigenvalue weighted by Crippen LogP contribution is 2.35. The van der Waals surface area contributed by atoms with E-state index in [1.807, 2.05) is 0 Å². The van der Waals surface area contributed by atoms with E-state index in [2.05, 4.69) is 25.7 Å². The zero-order valence-corrected chi connectivity index (χ0v) is 12.2. The first kappa shape index (κ1) is 16.5. The van der Waals surface area contributed by atoms with Crippen LogP contribution in [0.25, 0.3) is 0 Å². The Morgan fingerprint density at radius 1 is 1.45 bits per heavy atom. The van der Waals surface area contributed by atoms with Crippen molar-refractivity contribution in [2.75, 3.05) is 13.7 Å². The maximum atomic E-state index is 12.5. The zero-order valence-electron chi connectivity index (χ0n) is 10.6. The van der Waals surface area contributed by atoms with E-state index in [4.69, 9.17) is 9.47 Å². The Kier molecular flexibility index (Phi) is 5.61. The second kappa shape index (κ2) is 6.78. The van der Waals surface area contributed by atoms with Crippen molar-refractivity contribution in [1.29, 1.82) is 0 Å². The second-order valence-electron chi connectivity index (χ2n) is 3.40. The molecule has 1 rings (SSSR count). The third-order valence-corrected chi connectivity index (χ3v) is 2.71. The third-order valence-electron chi connectivity index (χ3n) is 2.10. The van der Waals surface area contributed by atoms with Gasteiger partial charge in [-0.25, -0.2) is 9.78 Å². The molecule has 0 spiro atoms. The summed E-state index contributed by atoms with van der Waals surface area (Å²) in [5, 5.41) is 0.0157. The van der Waals surface area contributed by atoms with Crippen molar-refractivity contribution >= 4 is 21.9 Å². The number of nitrogens with zero attached hydrogens (tertiary/aromatic N) is 1. The molecule has 0 amide bonds. The molecule has 0 saturated carbocycles. The SMILES string of the molecule is CCOC(=O)c1c(OC)ncc(CBr)c1OC(F)(F)F. The van der Waals surface area contributed by atoms with Gasteiger partial charge in [-0.05, 0) is 6.92 Å². The molecule has 0 aliphatic heterocycles. The first-order valence-electron chi connectivity index (χ1n) is 5.38. The fourth-order valence-electron chi connectivity index (χ4n) is 1.38. The number of carbonyl (C=O) groups is 1. The van der Waals surface area contributed by atoms with E-state index in [0.29, 0.717) is 0 Å². The van der Waals surface area contributed by atoms with E-state index in [1.165, 1.54) is 14.0 Å². The molecule has 20 heavy (non-hydrogen) atoms. The summed E-state index contributed by atoms with van der Waals surface area (Å²) in [5.41, 5.74) is -0.449. The van der Waals surface area contributed by atoms with Crippen molar-refractivity contribution in [3.63, 3.8) is 0 Å². The van der Waals surface area contributed by atoms with Crippen LogP contribution in [0.1, 0.15) is 22.8 Å². The standard InChI is InChI=1S/C11H11BrF3NO4/c1-3-19-10(17)7-8(20-11(13,14)15)6(4-12)5-16-9(7)18-2/h5H,3-4H2,1-2H3. The number of rotatable bonds is 5. The minimum Gasteiger partial charge on any atom is -0.480 e. The quantitative estimate of drug-likeness (QED) is 0.598. The van der Waals surface area contributed by atoms with Crippen LogP contribution in [0.2, 0.25) is 0 Å². The predicted molar refractivity (Wildman–Crippen MR) is 66.1 cm³/mol. The number of methoxy groups -OCH3 is 1. The lowest BCUT2D eigenvalue weighted by Gasteiger charge is -2.17. The van der Waals surface area contributed by atoms with Crippen molar-refractivity contribution in [3.05, 3.63) is 17.3 Å². The summed E-state index contributed by atoms with van der Waals surface area (Å²) < 4.78 is 50.8. The van der Waals surface area contributed by atoms with E-state index in [9.17, 15) is 18.0 Å². The Morgan fingerprint density at radius 2 is 2.10 bits per heavy atom. The normalized spacial score (nSPS) is 11.1. The monoisotopic (exact) mass is 357 g/mol. The molecule has 112 valence electrons. The lowest BCUT2D eigenvalue weighted by molar-refractivity contribution is -0.275. The third kappa shape index (κ3) is 3.99. The molecule has 5 nitrogen and oxygen atoms in total. The molecule has 0 aromatic carbocycles. The van der Waals surface area contributed by atoms with Gasteiger partial charge in [-0.3, -0.25) is 0 Å². The minimum absolute atomic E-state index is 0.00795. The molecule has 0 aliphatic rings. The number of alkyl halides is 4. The van der Waals surface area contributed by atoms with Crippen molar-refractivity contribution in [1.82, 2.24) is 4.98 Å². The summed E-state index contributed by atoms with van der Waals surface area (Å²) in [7, 11) is 1.18. The molecule has 0 unspecified atom stereocenters. The summed E-state index contributed by atoms with van der Waals surface area (Å²) in [5.74, 6) is -1.98. The molecule has 0 N–H and O–H groups in total. The number of aromatic nitrogens is 1. The van der Waals surface area contributed by atoms with Gasteiger partial charge in [-0.2, -0.15) is 0 Å². The van der Waals surface area contributed by atoms with Gasteiger partial charge >= 0.3 is 12.3 Å². The Balaban J connectivity index is 3.43. The van der Waals surface area contributed by atoms with Gasteiger partial charge in [0, 0.05) is 17.1 Å². The highest BCUT2D eigenvalue weighted by molar-refractivity contribution is 9.08. The van der Waals surface area contributed by atoms with E-state index >= 15 is 0 Å². The van der Waals surface area contributed by atoms with Crippen LogP contribution in [0.5, 0.6) is 11.6 Å². The maximum Gasteiger partial charge on any atom is 0.573 e. The number of carbonyl (C=O) groups excluding carboxylic acids is 1. The van der Waals surface area contributed by atoms with E-state index < -0.39 is 23.6 Å². The van der Waals surface area contributed by atoms with E-state index in [1.54, 1.807) is 0 Å². The molecule has 9 heteroatoms. The van der Waals surface area contributed by atoms with Gasteiger partial charge in [0.2, 0.25) is 5.88 Å². The van der Waals surface area contributed by atoms with Gasteiger partial charge in [-0.15, -0.1) is 13.2 Å². The minimum atomic E-state index is -4.95. The molecule has 0 radical (unpaired) electrons. The Hall–Kier alpha value is -1.51. The molecule has 0 bridgehead atoms. The van der Waals surface area contributed by atoms with Gasteiger partial charge in [0.1, 0.15) is 0 Å². The molecular formula is C11H11BrF3NO4. The van der Waals surface area contributed by atoms with Crippen molar-refractivity contribution in [2.45, 2.75) is 18.6 Å². The first-order chi connectivity index (χ1) is 9.34. The highest BCUT2D eigenvalue weighted by atomic mass is 79.9. The number of hydrogen-bond donors (Lipinski definition) is 0. The van der Waals surface area contributed by atoms with Gasteiger partial charge in [0.05, 0.1) is 13.7 Å². The molecule has 0 atom stereocenters. The lowest BCUT2D eigenvalue weighted by atomic mass is 10.2. The number of ether oxygens (including phenoxy) is 3. The van der Waals surface area contributed by atoms with E-state index in [0.717, 1.165) is 6.20 Å². The van der Waals surface area contributed by atoms with Gasteiger partial charge in [0.15, 0.2) is 11.3 Å². The number of esters is 1. The van der Waals surface area contributed by atoms with Crippen LogP contribution in [-0.4, -0.2) is 31.0 Å². The van der Waals surface area contributed by atoms with Gasteiger partial charge in [0.25, 0.3) is 0 Å². The topological polar surface area (TPSA) is 57.7 Å². The lowest BCUT2D eigenvalue weighted by Crippen LogP contribution is -2.21. The highest BCUT2D eigenvalue weighted by Gasteiger charge is 2.36. The second-order valence-corrected chi connectivity index (χ2v) is 3.96. The molecule has 1 aromatic heterocycles. The Bertz CT molecular complexity index is 493. The number of pyridine rings is 1. The van der Waals surface area contributed by atoms with E-state index in [-0.39, 0.29) is 23.4 Å². The molecule has 1 aromatic rings. The predicted octanol–water partition coefficient (Wildman–Crippen LogP) is 3.06. The molecular weight excluding hydrogens is 347 g/mol. The van der Waals surface area contributed by atoms with Crippen LogP contribution < -0.4 is 9.47 Å². The van der Waals surface area contributed by atoms with Crippen LogP contribution in [0, 0.1) is 0 Å². The Morgan fingerprint density at radius 3 is 2.55 bits per heavy atom. The zero-order chi connectivity index (χ0) is 15.3. The van der Waals surface area contributed by atoms with Crippen molar-refractivity contribution in [2.24, 2.45) is 0 Å². The van der Waals surface area contributed by atoms with Crippen molar-refractivity contribution < 1.29 is 32.2 Å². The summed E-state index contributed by atoms with van der Waals surface area (Å²) in [6, 6.07) is 0. The van der Waals surface area contributed by atoms with Crippen LogP contribution in [0.3, 0.4) is 0 Å². The smallest absolute Gasteiger partial charge is 0.480 e. The number of halogens is 4.